The zero-order chi connectivity index (χ0) is 22.3. The van der Waals surface area contributed by atoms with E-state index in [0.29, 0.717) is 16.9 Å². The van der Waals surface area contributed by atoms with E-state index in [1.165, 1.54) is 0 Å². The number of pyridine rings is 1. The monoisotopic (exact) mass is 479 g/mol. The van der Waals surface area contributed by atoms with Crippen LogP contribution >= 0.6 is 22.9 Å². The number of anilines is 2. The summed E-state index contributed by atoms with van der Waals surface area (Å²) in [5.41, 5.74) is 6.84. The van der Waals surface area contributed by atoms with Gasteiger partial charge in [0.1, 0.15) is 11.9 Å². The molecule has 174 valence electrons. The molecule has 8 nitrogen and oxygen atoms in total. The molecule has 4 rings (SSSR count). The lowest BCUT2D eigenvalue weighted by atomic mass is 9.87. The lowest BCUT2D eigenvalue weighted by Crippen LogP contribution is -2.29. The van der Waals surface area contributed by atoms with Gasteiger partial charge in [0.25, 0.3) is 0 Å². The Balaban J connectivity index is 1.30. The summed E-state index contributed by atoms with van der Waals surface area (Å²) < 4.78 is 10.5. The van der Waals surface area contributed by atoms with E-state index >= 15 is 0 Å². The Hall–Kier alpha value is -2.10. The number of ether oxygens (including phenoxy) is 2. The largest absolute Gasteiger partial charge is 0.446 e. The van der Waals surface area contributed by atoms with Gasteiger partial charge in [-0.25, -0.2) is 14.8 Å². The molecule has 2 aliphatic rings. The predicted octanol–water partition coefficient (Wildman–Crippen LogP) is 4.76. The van der Waals surface area contributed by atoms with Crippen LogP contribution in [-0.4, -0.2) is 48.5 Å². The SMILES string of the molecule is NC(=O)O[C@H]1CC[C@H](CNc2cc(-c3csc(NCC4CCOCC4)n3)c(Cl)cn2)CC1. The minimum Gasteiger partial charge on any atom is -0.446 e. The zero-order valence-electron chi connectivity index (χ0n) is 18.0. The summed E-state index contributed by atoms with van der Waals surface area (Å²) in [4.78, 5) is 20.1. The molecule has 0 spiro atoms. The number of thiazole rings is 1. The van der Waals surface area contributed by atoms with Crippen molar-refractivity contribution in [2.75, 3.05) is 36.9 Å². The molecule has 32 heavy (non-hydrogen) atoms. The zero-order valence-corrected chi connectivity index (χ0v) is 19.6. The van der Waals surface area contributed by atoms with Crippen molar-refractivity contribution in [3.05, 3.63) is 22.7 Å². The van der Waals surface area contributed by atoms with Crippen LogP contribution in [0.1, 0.15) is 38.5 Å². The number of amides is 1. The fraction of sp³-hybridized carbons (Fsp3) is 0.591. The number of halogens is 1. The average molecular weight is 480 g/mol. The first kappa shape index (κ1) is 23.1. The number of carbonyl (C=O) groups is 1. The third-order valence-electron chi connectivity index (χ3n) is 6.17. The Morgan fingerprint density at radius 3 is 2.62 bits per heavy atom. The van der Waals surface area contributed by atoms with Gasteiger partial charge in [0, 0.05) is 43.4 Å². The first-order chi connectivity index (χ1) is 15.6. The van der Waals surface area contributed by atoms with Gasteiger partial charge in [-0.1, -0.05) is 11.6 Å². The van der Waals surface area contributed by atoms with E-state index in [1.54, 1.807) is 17.5 Å². The molecule has 0 radical (unpaired) electrons. The van der Waals surface area contributed by atoms with Crippen molar-refractivity contribution in [3.63, 3.8) is 0 Å². The first-order valence-electron chi connectivity index (χ1n) is 11.2. The van der Waals surface area contributed by atoms with Crippen molar-refractivity contribution in [1.29, 1.82) is 0 Å². The number of nitrogens with one attached hydrogen (secondary N) is 2. The van der Waals surface area contributed by atoms with Crippen molar-refractivity contribution in [1.82, 2.24) is 9.97 Å². The molecule has 1 amide bonds. The highest BCUT2D eigenvalue weighted by Crippen LogP contribution is 2.32. The summed E-state index contributed by atoms with van der Waals surface area (Å²) in [6.07, 6.45) is 6.78. The van der Waals surface area contributed by atoms with Crippen molar-refractivity contribution >= 4 is 40.0 Å². The second-order valence-corrected chi connectivity index (χ2v) is 9.75. The number of nitrogens with zero attached hydrogens (tertiary/aromatic N) is 2. The van der Waals surface area contributed by atoms with Crippen LogP contribution in [0.15, 0.2) is 17.6 Å². The number of hydrogen-bond acceptors (Lipinski definition) is 8. The molecule has 0 unspecified atom stereocenters. The standard InChI is InChI=1S/C22H30ClN5O3S/c23-18-12-26-20(25-10-14-1-3-16(4-2-14)31-21(24)29)9-17(18)19-13-32-22(28-19)27-11-15-5-7-30-8-6-15/h9,12-16H,1-8,10-11H2,(H2,24,29)(H,25,26)(H,27,28)/t14-,16-. The van der Waals surface area contributed by atoms with E-state index in [0.717, 1.165) is 87.0 Å². The van der Waals surface area contributed by atoms with Crippen LogP contribution in [0.3, 0.4) is 0 Å². The fourth-order valence-corrected chi connectivity index (χ4v) is 5.18. The molecule has 1 saturated carbocycles. The lowest BCUT2D eigenvalue weighted by Gasteiger charge is -2.28. The maximum absolute atomic E-state index is 10.9. The Bertz CT molecular complexity index is 897. The molecular formula is C22H30ClN5O3S. The molecule has 2 aromatic heterocycles. The van der Waals surface area contributed by atoms with Gasteiger partial charge >= 0.3 is 6.09 Å². The first-order valence-corrected chi connectivity index (χ1v) is 12.5. The van der Waals surface area contributed by atoms with Crippen LogP contribution in [0.4, 0.5) is 15.7 Å². The number of carbonyl (C=O) groups excluding carboxylic acids is 1. The number of aromatic nitrogens is 2. The topological polar surface area (TPSA) is 111 Å². The Kier molecular flexibility index (Phi) is 8.05. The molecule has 1 aliphatic carbocycles. The molecule has 1 aliphatic heterocycles. The van der Waals surface area contributed by atoms with Crippen molar-refractivity contribution in [2.45, 2.75) is 44.6 Å². The second kappa shape index (κ2) is 11.2. The summed E-state index contributed by atoms with van der Waals surface area (Å²) in [6.45, 7) is 3.42. The molecule has 4 N–H and O–H groups in total. The summed E-state index contributed by atoms with van der Waals surface area (Å²) in [5, 5.41) is 10.4. The smallest absolute Gasteiger partial charge is 0.404 e. The number of nitrogens with two attached hydrogens (primary N) is 1. The maximum Gasteiger partial charge on any atom is 0.404 e. The molecule has 3 heterocycles. The normalized spacial score (nSPS) is 21.8. The van der Waals surface area contributed by atoms with E-state index in [1.807, 2.05) is 11.4 Å². The van der Waals surface area contributed by atoms with Gasteiger partial charge in [-0.2, -0.15) is 0 Å². The van der Waals surface area contributed by atoms with Gasteiger partial charge in [0.15, 0.2) is 5.13 Å². The summed E-state index contributed by atoms with van der Waals surface area (Å²) in [5.74, 6) is 1.92. The van der Waals surface area contributed by atoms with Crippen LogP contribution < -0.4 is 16.4 Å². The van der Waals surface area contributed by atoms with Crippen molar-refractivity contribution in [3.8, 4) is 11.3 Å². The van der Waals surface area contributed by atoms with E-state index in [-0.39, 0.29) is 6.10 Å². The number of hydrogen-bond donors (Lipinski definition) is 3. The van der Waals surface area contributed by atoms with Crippen LogP contribution in [-0.2, 0) is 9.47 Å². The summed E-state index contributed by atoms with van der Waals surface area (Å²) in [6, 6.07) is 1.96. The fourth-order valence-electron chi connectivity index (χ4n) is 4.26. The lowest BCUT2D eigenvalue weighted by molar-refractivity contribution is 0.0699. The predicted molar refractivity (Wildman–Crippen MR) is 127 cm³/mol. The van der Waals surface area contributed by atoms with Gasteiger partial charge in [-0.15, -0.1) is 11.3 Å². The van der Waals surface area contributed by atoms with Gasteiger partial charge in [-0.3, -0.25) is 0 Å². The van der Waals surface area contributed by atoms with Gasteiger partial charge in [-0.05, 0) is 56.4 Å². The maximum atomic E-state index is 10.9. The molecule has 0 aromatic carbocycles. The quantitative estimate of drug-likeness (QED) is 0.500. The van der Waals surface area contributed by atoms with E-state index < -0.39 is 6.09 Å². The minimum atomic E-state index is -0.687. The average Bonchev–Trinajstić information content (AvgIpc) is 3.27. The van der Waals surface area contributed by atoms with Crippen molar-refractivity contribution < 1.29 is 14.3 Å². The van der Waals surface area contributed by atoms with Gasteiger partial charge in [0.2, 0.25) is 0 Å². The van der Waals surface area contributed by atoms with E-state index in [4.69, 9.17) is 31.8 Å². The van der Waals surface area contributed by atoms with Crippen LogP contribution in [0.25, 0.3) is 11.3 Å². The summed E-state index contributed by atoms with van der Waals surface area (Å²) in [7, 11) is 0. The molecule has 2 fully saturated rings. The van der Waals surface area contributed by atoms with Gasteiger partial charge < -0.3 is 25.8 Å². The summed E-state index contributed by atoms with van der Waals surface area (Å²) >= 11 is 8.02. The molecule has 0 bridgehead atoms. The van der Waals surface area contributed by atoms with Crippen LogP contribution in [0, 0.1) is 11.8 Å². The highest BCUT2D eigenvalue weighted by molar-refractivity contribution is 7.14. The van der Waals surface area contributed by atoms with Crippen LogP contribution in [0.2, 0.25) is 5.02 Å². The molecule has 2 aromatic rings. The third-order valence-corrected chi connectivity index (χ3v) is 7.27. The molecule has 10 heteroatoms. The molecule has 1 saturated heterocycles. The number of rotatable bonds is 8. The van der Waals surface area contributed by atoms with E-state index in [2.05, 4.69) is 15.6 Å². The Labute approximate surface area is 197 Å². The minimum absolute atomic E-state index is 0.0528. The third kappa shape index (κ3) is 6.46. The number of primary amides is 1. The molecular weight excluding hydrogens is 450 g/mol. The Morgan fingerprint density at radius 2 is 1.88 bits per heavy atom. The Morgan fingerprint density at radius 1 is 1.16 bits per heavy atom. The molecule has 0 atom stereocenters. The van der Waals surface area contributed by atoms with Crippen LogP contribution in [0.5, 0.6) is 0 Å². The highest BCUT2D eigenvalue weighted by atomic mass is 35.5. The highest BCUT2D eigenvalue weighted by Gasteiger charge is 2.23. The van der Waals surface area contributed by atoms with Gasteiger partial charge in [0.05, 0.1) is 10.7 Å². The van der Waals surface area contributed by atoms with E-state index in [9.17, 15) is 4.79 Å². The van der Waals surface area contributed by atoms with Crippen molar-refractivity contribution in [2.24, 2.45) is 17.6 Å². The second-order valence-electron chi connectivity index (χ2n) is 8.48.